The standard InChI is InChI=1S/C11H10Cl2O2S/c1-15-10(14)8-9(11(8,12)13)16-7-5-3-2-4-6-7/h2-6,8-9H,1H3. The van der Waals surface area contributed by atoms with Crippen molar-refractivity contribution < 1.29 is 9.53 Å². The van der Waals surface area contributed by atoms with Gasteiger partial charge in [-0.15, -0.1) is 11.8 Å². The second-order valence-electron chi connectivity index (χ2n) is 3.53. The van der Waals surface area contributed by atoms with E-state index in [0.717, 1.165) is 4.90 Å². The van der Waals surface area contributed by atoms with Crippen molar-refractivity contribution in [2.75, 3.05) is 7.11 Å². The summed E-state index contributed by atoms with van der Waals surface area (Å²) in [5.74, 6) is -0.788. The lowest BCUT2D eigenvalue weighted by Gasteiger charge is -1.99. The Kier molecular flexibility index (Phi) is 3.38. The van der Waals surface area contributed by atoms with Crippen LogP contribution in [0.4, 0.5) is 0 Å². The van der Waals surface area contributed by atoms with Gasteiger partial charge in [-0.1, -0.05) is 41.4 Å². The van der Waals surface area contributed by atoms with Crippen molar-refractivity contribution >= 4 is 40.9 Å². The summed E-state index contributed by atoms with van der Waals surface area (Å²) in [4.78, 5) is 12.4. The number of esters is 1. The van der Waals surface area contributed by atoms with Gasteiger partial charge in [0.2, 0.25) is 0 Å². The molecule has 5 heteroatoms. The van der Waals surface area contributed by atoms with E-state index in [4.69, 9.17) is 23.2 Å². The van der Waals surface area contributed by atoms with Crippen molar-refractivity contribution in [2.45, 2.75) is 14.5 Å². The summed E-state index contributed by atoms with van der Waals surface area (Å²) >= 11 is 13.6. The first-order chi connectivity index (χ1) is 7.57. The minimum Gasteiger partial charge on any atom is -0.469 e. The zero-order valence-electron chi connectivity index (χ0n) is 8.52. The highest BCUT2D eigenvalue weighted by Gasteiger charge is 2.68. The van der Waals surface area contributed by atoms with E-state index >= 15 is 0 Å². The van der Waals surface area contributed by atoms with E-state index in [1.54, 1.807) is 0 Å². The molecule has 0 heterocycles. The van der Waals surface area contributed by atoms with Gasteiger partial charge in [-0.05, 0) is 12.1 Å². The SMILES string of the molecule is COC(=O)C1C(Sc2ccccc2)C1(Cl)Cl. The number of carbonyl (C=O) groups is 1. The van der Waals surface area contributed by atoms with Gasteiger partial charge < -0.3 is 4.74 Å². The van der Waals surface area contributed by atoms with Gasteiger partial charge in [0.25, 0.3) is 0 Å². The van der Waals surface area contributed by atoms with E-state index in [9.17, 15) is 4.79 Å². The highest BCUT2D eigenvalue weighted by molar-refractivity contribution is 8.00. The highest BCUT2D eigenvalue weighted by atomic mass is 35.5. The molecule has 2 rings (SSSR count). The highest BCUT2D eigenvalue weighted by Crippen LogP contribution is 2.61. The third-order valence-electron chi connectivity index (χ3n) is 2.45. The molecule has 16 heavy (non-hydrogen) atoms. The lowest BCUT2D eigenvalue weighted by Crippen LogP contribution is -2.07. The fourth-order valence-electron chi connectivity index (χ4n) is 1.50. The number of hydrogen-bond acceptors (Lipinski definition) is 3. The summed E-state index contributed by atoms with van der Waals surface area (Å²) < 4.78 is 3.65. The summed E-state index contributed by atoms with van der Waals surface area (Å²) in [5, 5.41) is -0.134. The average Bonchev–Trinajstić information content (AvgIpc) is 2.81. The van der Waals surface area contributed by atoms with Crippen molar-refractivity contribution in [2.24, 2.45) is 5.92 Å². The molecule has 0 spiro atoms. The van der Waals surface area contributed by atoms with E-state index in [0.29, 0.717) is 0 Å². The first-order valence-corrected chi connectivity index (χ1v) is 6.38. The van der Waals surface area contributed by atoms with Crippen LogP contribution < -0.4 is 0 Å². The molecule has 1 aliphatic carbocycles. The smallest absolute Gasteiger partial charge is 0.313 e. The maximum atomic E-state index is 11.4. The van der Waals surface area contributed by atoms with E-state index in [1.165, 1.54) is 18.9 Å². The molecule has 1 fully saturated rings. The molecule has 2 nitrogen and oxygen atoms in total. The second-order valence-corrected chi connectivity index (χ2v) is 6.19. The second kappa shape index (κ2) is 4.47. The van der Waals surface area contributed by atoms with Crippen molar-refractivity contribution in [1.82, 2.24) is 0 Å². The summed E-state index contributed by atoms with van der Waals surface area (Å²) in [5.41, 5.74) is 0. The Labute approximate surface area is 108 Å². The molecule has 0 amide bonds. The van der Waals surface area contributed by atoms with E-state index in [1.807, 2.05) is 30.3 Å². The van der Waals surface area contributed by atoms with Crippen LogP contribution in [0.3, 0.4) is 0 Å². The molecular weight excluding hydrogens is 267 g/mol. The van der Waals surface area contributed by atoms with Gasteiger partial charge in [0.05, 0.1) is 12.4 Å². The van der Waals surface area contributed by atoms with Gasteiger partial charge in [-0.3, -0.25) is 4.79 Å². The molecule has 0 saturated heterocycles. The molecule has 1 saturated carbocycles. The van der Waals surface area contributed by atoms with Crippen LogP contribution in [0.1, 0.15) is 0 Å². The Balaban J connectivity index is 2.05. The number of benzene rings is 1. The molecule has 1 aromatic carbocycles. The molecule has 2 atom stereocenters. The molecule has 0 bridgehead atoms. The van der Waals surface area contributed by atoms with Crippen LogP contribution in [-0.2, 0) is 9.53 Å². The predicted molar refractivity (Wildman–Crippen MR) is 66.0 cm³/mol. The zero-order valence-corrected chi connectivity index (χ0v) is 10.9. The Morgan fingerprint density at radius 3 is 2.56 bits per heavy atom. The van der Waals surface area contributed by atoms with Crippen LogP contribution in [0.25, 0.3) is 0 Å². The van der Waals surface area contributed by atoms with Crippen molar-refractivity contribution in [3.8, 4) is 0 Å². The number of carbonyl (C=O) groups excluding carboxylic acids is 1. The van der Waals surface area contributed by atoms with Gasteiger partial charge in [-0.25, -0.2) is 0 Å². The Morgan fingerprint density at radius 1 is 1.38 bits per heavy atom. The molecule has 0 N–H and O–H groups in total. The van der Waals surface area contributed by atoms with Crippen LogP contribution in [0.2, 0.25) is 0 Å². The van der Waals surface area contributed by atoms with Crippen LogP contribution in [0.15, 0.2) is 35.2 Å². The fourth-order valence-corrected chi connectivity index (χ4v) is 3.77. The van der Waals surface area contributed by atoms with Crippen molar-refractivity contribution in [3.05, 3.63) is 30.3 Å². The molecule has 0 radical (unpaired) electrons. The topological polar surface area (TPSA) is 26.3 Å². The minimum absolute atomic E-state index is 0.134. The maximum Gasteiger partial charge on any atom is 0.313 e. The fraction of sp³-hybridized carbons (Fsp3) is 0.364. The normalized spacial score (nSPS) is 26.2. The Morgan fingerprint density at radius 2 is 2.00 bits per heavy atom. The third kappa shape index (κ3) is 2.17. The first-order valence-electron chi connectivity index (χ1n) is 4.74. The molecule has 0 aromatic heterocycles. The molecule has 2 unspecified atom stereocenters. The van der Waals surface area contributed by atoms with Crippen LogP contribution in [0.5, 0.6) is 0 Å². The number of thioether (sulfide) groups is 1. The number of rotatable bonds is 3. The number of methoxy groups -OCH3 is 1. The minimum atomic E-state index is -1.01. The van der Waals surface area contributed by atoms with E-state index in [-0.39, 0.29) is 11.2 Å². The van der Waals surface area contributed by atoms with Gasteiger partial charge in [0, 0.05) is 4.90 Å². The molecular formula is C11H10Cl2O2S. The molecule has 86 valence electrons. The average molecular weight is 277 g/mol. The van der Waals surface area contributed by atoms with Crippen molar-refractivity contribution in [1.29, 1.82) is 0 Å². The monoisotopic (exact) mass is 276 g/mol. The number of alkyl halides is 2. The van der Waals surface area contributed by atoms with Gasteiger partial charge in [-0.2, -0.15) is 0 Å². The van der Waals surface area contributed by atoms with Crippen LogP contribution in [-0.4, -0.2) is 22.7 Å². The predicted octanol–water partition coefficient (Wildman–Crippen LogP) is 3.12. The van der Waals surface area contributed by atoms with Crippen LogP contribution >= 0.6 is 35.0 Å². The maximum absolute atomic E-state index is 11.4. The Hall–Kier alpha value is -0.380. The number of halogens is 2. The van der Waals surface area contributed by atoms with Crippen molar-refractivity contribution in [3.63, 3.8) is 0 Å². The third-order valence-corrected chi connectivity index (χ3v) is 5.09. The molecule has 1 aromatic rings. The van der Waals surface area contributed by atoms with Gasteiger partial charge >= 0.3 is 5.97 Å². The summed E-state index contributed by atoms with van der Waals surface area (Å²) in [6.45, 7) is 0. The van der Waals surface area contributed by atoms with Gasteiger partial charge in [0.15, 0.2) is 0 Å². The summed E-state index contributed by atoms with van der Waals surface area (Å²) in [6, 6.07) is 9.72. The van der Waals surface area contributed by atoms with Gasteiger partial charge in [0.1, 0.15) is 10.3 Å². The molecule has 0 aliphatic heterocycles. The first kappa shape index (κ1) is 12.1. The number of hydrogen-bond donors (Lipinski definition) is 0. The largest absolute Gasteiger partial charge is 0.469 e. The molecule has 1 aliphatic rings. The lowest BCUT2D eigenvalue weighted by atomic mass is 10.4. The Bertz CT molecular complexity index is 394. The number of ether oxygens (including phenoxy) is 1. The van der Waals surface area contributed by atoms with Crippen LogP contribution in [0, 0.1) is 5.92 Å². The summed E-state index contributed by atoms with van der Waals surface area (Å²) in [6.07, 6.45) is 0. The lowest BCUT2D eigenvalue weighted by molar-refractivity contribution is -0.142. The summed E-state index contributed by atoms with van der Waals surface area (Å²) in [7, 11) is 1.34. The quantitative estimate of drug-likeness (QED) is 0.627. The van der Waals surface area contributed by atoms with E-state index in [2.05, 4.69) is 4.74 Å². The van der Waals surface area contributed by atoms with E-state index < -0.39 is 10.3 Å². The zero-order chi connectivity index (χ0) is 11.8.